The van der Waals surface area contributed by atoms with E-state index >= 15 is 0 Å². The Morgan fingerprint density at radius 1 is 1.48 bits per heavy atom. The van der Waals surface area contributed by atoms with Crippen LogP contribution in [0.3, 0.4) is 0 Å². The summed E-state index contributed by atoms with van der Waals surface area (Å²) in [7, 11) is 0. The summed E-state index contributed by atoms with van der Waals surface area (Å²) in [6.45, 7) is 3.39. The van der Waals surface area contributed by atoms with Crippen LogP contribution in [0, 0.1) is 12.8 Å². The monoisotopic (exact) mass is 379 g/mol. The van der Waals surface area contributed by atoms with Crippen molar-refractivity contribution in [1.82, 2.24) is 4.98 Å². The van der Waals surface area contributed by atoms with Crippen LogP contribution in [0.15, 0.2) is 24.4 Å². The van der Waals surface area contributed by atoms with Crippen molar-refractivity contribution in [2.75, 3.05) is 18.5 Å². The summed E-state index contributed by atoms with van der Waals surface area (Å²) in [6, 6.07) is 5.35. The molecule has 1 saturated heterocycles. The van der Waals surface area contributed by atoms with Gasteiger partial charge >= 0.3 is 0 Å². The van der Waals surface area contributed by atoms with E-state index in [-0.39, 0.29) is 11.8 Å². The Hall–Kier alpha value is -1.47. The van der Waals surface area contributed by atoms with Crippen molar-refractivity contribution < 1.29 is 9.53 Å². The number of carbonyl (C=O) groups excluding carboxylic acids is 1. The highest BCUT2D eigenvalue weighted by molar-refractivity contribution is 7.15. The molecule has 134 valence electrons. The van der Waals surface area contributed by atoms with Crippen LogP contribution in [0.5, 0.6) is 0 Å². The molecule has 0 spiro atoms. The Labute approximate surface area is 156 Å². The number of halogens is 1. The van der Waals surface area contributed by atoms with Gasteiger partial charge in [-0.3, -0.25) is 4.79 Å². The van der Waals surface area contributed by atoms with Crippen LogP contribution in [0.2, 0.25) is 5.02 Å². The lowest BCUT2D eigenvalue weighted by Crippen LogP contribution is -2.43. The number of aromatic nitrogens is 1. The number of amides is 1. The lowest BCUT2D eigenvalue weighted by molar-refractivity contribution is -0.119. The quantitative estimate of drug-likeness (QED) is 0.834. The first kappa shape index (κ1) is 18.3. The van der Waals surface area contributed by atoms with Crippen molar-refractivity contribution in [3.8, 4) is 0 Å². The Morgan fingerprint density at radius 2 is 2.24 bits per heavy atom. The summed E-state index contributed by atoms with van der Waals surface area (Å²) in [6.07, 6.45) is 4.22. The van der Waals surface area contributed by atoms with Gasteiger partial charge in [-0.15, -0.1) is 11.3 Å². The first-order valence-corrected chi connectivity index (χ1v) is 9.56. The maximum atomic E-state index is 12.3. The van der Waals surface area contributed by atoms with Gasteiger partial charge in [0.1, 0.15) is 0 Å². The lowest BCUT2D eigenvalue weighted by Gasteiger charge is -2.26. The maximum Gasteiger partial charge on any atom is 0.243 e. The number of benzene rings is 1. The van der Waals surface area contributed by atoms with Crippen LogP contribution < -0.4 is 11.1 Å². The molecule has 1 aromatic heterocycles. The van der Waals surface area contributed by atoms with Crippen molar-refractivity contribution >= 4 is 34.0 Å². The number of aryl methyl sites for hydroxylation is 1. The van der Waals surface area contributed by atoms with Crippen LogP contribution in [0.1, 0.15) is 28.8 Å². The topological polar surface area (TPSA) is 77.2 Å². The number of nitrogens with two attached hydrogens (primary N) is 1. The van der Waals surface area contributed by atoms with E-state index in [1.807, 2.05) is 25.1 Å². The van der Waals surface area contributed by atoms with Crippen molar-refractivity contribution in [2.24, 2.45) is 11.7 Å². The van der Waals surface area contributed by atoms with E-state index in [4.69, 9.17) is 22.1 Å². The average Bonchev–Trinajstić information content (AvgIpc) is 3.04. The van der Waals surface area contributed by atoms with Gasteiger partial charge in [0.05, 0.1) is 6.04 Å². The Morgan fingerprint density at radius 3 is 2.96 bits per heavy atom. The molecule has 1 amide bonds. The third kappa shape index (κ3) is 4.79. The van der Waals surface area contributed by atoms with Crippen LogP contribution in [0.4, 0.5) is 5.13 Å². The van der Waals surface area contributed by atoms with Crippen molar-refractivity contribution in [1.29, 1.82) is 0 Å². The van der Waals surface area contributed by atoms with Gasteiger partial charge in [0.25, 0.3) is 0 Å². The van der Waals surface area contributed by atoms with Gasteiger partial charge in [-0.2, -0.15) is 0 Å². The zero-order chi connectivity index (χ0) is 17.8. The molecule has 1 unspecified atom stereocenters. The molecule has 1 atom stereocenters. The van der Waals surface area contributed by atoms with E-state index in [9.17, 15) is 4.79 Å². The lowest BCUT2D eigenvalue weighted by atomic mass is 9.92. The average molecular weight is 380 g/mol. The number of nitrogens with zero attached hydrogens (tertiary/aromatic N) is 1. The fourth-order valence-electron chi connectivity index (χ4n) is 2.97. The highest BCUT2D eigenvalue weighted by Crippen LogP contribution is 2.25. The van der Waals surface area contributed by atoms with Gasteiger partial charge in [-0.1, -0.05) is 17.7 Å². The molecule has 2 heterocycles. The van der Waals surface area contributed by atoms with E-state index < -0.39 is 6.04 Å². The van der Waals surface area contributed by atoms with E-state index in [2.05, 4.69) is 10.3 Å². The number of ether oxygens (including phenoxy) is 1. The van der Waals surface area contributed by atoms with Crippen molar-refractivity contribution in [3.05, 3.63) is 45.4 Å². The van der Waals surface area contributed by atoms with Crippen LogP contribution in [-0.4, -0.2) is 30.1 Å². The normalized spacial score (nSPS) is 16.6. The third-order valence-corrected chi connectivity index (χ3v) is 5.68. The second-order valence-electron chi connectivity index (χ2n) is 6.34. The summed E-state index contributed by atoms with van der Waals surface area (Å²) in [4.78, 5) is 17.7. The number of hydrogen-bond donors (Lipinski definition) is 2. The number of nitrogens with one attached hydrogen (secondary N) is 1. The predicted molar refractivity (Wildman–Crippen MR) is 101 cm³/mol. The Kier molecular flexibility index (Phi) is 6.06. The number of rotatable bonds is 5. The predicted octanol–water partition coefficient (Wildman–Crippen LogP) is 3.39. The zero-order valence-corrected chi connectivity index (χ0v) is 15.7. The Bertz CT molecular complexity index is 744. The van der Waals surface area contributed by atoms with Crippen molar-refractivity contribution in [2.45, 2.75) is 32.2 Å². The first-order valence-electron chi connectivity index (χ1n) is 8.37. The Balaban J connectivity index is 1.60. The fraction of sp³-hybridized carbons (Fsp3) is 0.444. The minimum atomic E-state index is -0.519. The van der Waals surface area contributed by atoms with E-state index in [0.29, 0.717) is 18.3 Å². The van der Waals surface area contributed by atoms with Crippen LogP contribution in [0.25, 0.3) is 0 Å². The molecule has 1 aromatic carbocycles. The molecule has 0 aliphatic carbocycles. The van der Waals surface area contributed by atoms with Gasteiger partial charge in [0.2, 0.25) is 5.91 Å². The minimum absolute atomic E-state index is 0.171. The highest BCUT2D eigenvalue weighted by Gasteiger charge is 2.27. The molecule has 25 heavy (non-hydrogen) atoms. The van der Waals surface area contributed by atoms with Gasteiger partial charge in [-0.05, 0) is 48.9 Å². The molecule has 0 radical (unpaired) electrons. The minimum Gasteiger partial charge on any atom is -0.381 e. The number of thiazole rings is 1. The summed E-state index contributed by atoms with van der Waals surface area (Å²) in [5.41, 5.74) is 8.45. The summed E-state index contributed by atoms with van der Waals surface area (Å²) in [5.74, 6) is 0.000345. The molecule has 5 nitrogen and oxygen atoms in total. The second-order valence-corrected chi connectivity index (χ2v) is 7.90. The van der Waals surface area contributed by atoms with Gasteiger partial charge in [0, 0.05) is 35.7 Å². The molecule has 0 bridgehead atoms. The fourth-order valence-corrected chi connectivity index (χ4v) is 4.04. The largest absolute Gasteiger partial charge is 0.381 e. The summed E-state index contributed by atoms with van der Waals surface area (Å²) in [5, 5.41) is 4.18. The van der Waals surface area contributed by atoms with Gasteiger partial charge < -0.3 is 15.8 Å². The van der Waals surface area contributed by atoms with Gasteiger partial charge in [-0.25, -0.2) is 4.98 Å². The molecule has 7 heteroatoms. The number of anilines is 1. The van der Waals surface area contributed by atoms with Gasteiger partial charge in [0.15, 0.2) is 5.13 Å². The maximum absolute atomic E-state index is 12.3. The third-order valence-electron chi connectivity index (χ3n) is 4.53. The SMILES string of the molecule is Cc1cc(Cl)ccc1Cc1cnc(NC(=O)C(N)C2CCOCC2)s1. The summed E-state index contributed by atoms with van der Waals surface area (Å²) >= 11 is 7.47. The molecule has 1 fully saturated rings. The molecule has 1 aliphatic heterocycles. The molecular formula is C18H22ClN3O2S. The number of carbonyl (C=O) groups is 1. The number of hydrogen-bond acceptors (Lipinski definition) is 5. The zero-order valence-electron chi connectivity index (χ0n) is 14.1. The molecular weight excluding hydrogens is 358 g/mol. The first-order chi connectivity index (χ1) is 12.0. The van der Waals surface area contributed by atoms with Crippen LogP contribution >= 0.6 is 22.9 Å². The van der Waals surface area contributed by atoms with Crippen LogP contribution in [-0.2, 0) is 16.0 Å². The standard InChI is InChI=1S/C18H22ClN3O2S/c1-11-8-14(19)3-2-13(11)9-15-10-21-18(25-15)22-17(23)16(20)12-4-6-24-7-5-12/h2-3,8,10,12,16H,4-7,9,20H2,1H3,(H,21,22,23). The molecule has 0 saturated carbocycles. The van der Waals surface area contributed by atoms with E-state index in [0.717, 1.165) is 34.7 Å². The highest BCUT2D eigenvalue weighted by atomic mass is 35.5. The van der Waals surface area contributed by atoms with Crippen molar-refractivity contribution in [3.63, 3.8) is 0 Å². The van der Waals surface area contributed by atoms with E-state index in [1.54, 1.807) is 6.20 Å². The molecule has 3 rings (SSSR count). The molecule has 3 N–H and O–H groups in total. The molecule has 2 aromatic rings. The van der Waals surface area contributed by atoms with E-state index in [1.165, 1.54) is 16.9 Å². The molecule has 1 aliphatic rings. The summed E-state index contributed by atoms with van der Waals surface area (Å²) < 4.78 is 5.32. The second kappa shape index (κ2) is 8.27. The smallest absolute Gasteiger partial charge is 0.243 e.